The van der Waals surface area contributed by atoms with Gasteiger partial charge in [-0.1, -0.05) is 46.2 Å². The molecule has 1 amide bonds. The lowest BCUT2D eigenvalue weighted by atomic mass is 9.73. The van der Waals surface area contributed by atoms with Gasteiger partial charge in [-0.05, 0) is 31.2 Å². The number of nitrogens with one attached hydrogen (secondary N) is 1. The Kier molecular flexibility index (Phi) is 10.5. The first-order valence-electron chi connectivity index (χ1n) is 8.02. The minimum absolute atomic E-state index is 0.128. The monoisotopic (exact) mass is 298 g/mol. The highest BCUT2D eigenvalue weighted by Gasteiger charge is 2.26. The average Bonchev–Trinajstić information content (AvgIpc) is 2.95. The number of nitrogens with two attached hydrogens (primary N) is 1. The lowest BCUT2D eigenvalue weighted by molar-refractivity contribution is 0.0958. The van der Waals surface area contributed by atoms with Crippen molar-refractivity contribution in [1.82, 2.24) is 15.5 Å². The molecule has 1 aliphatic rings. The normalized spacial score (nSPS) is 19.5. The highest BCUT2D eigenvalue weighted by Crippen LogP contribution is 2.35. The lowest BCUT2D eigenvalue weighted by Gasteiger charge is -2.34. The van der Waals surface area contributed by atoms with E-state index in [1.165, 1.54) is 19.3 Å². The molecule has 2 rings (SSSR count). The maximum absolute atomic E-state index is 10.7. The van der Waals surface area contributed by atoms with Crippen LogP contribution in [0.1, 0.15) is 70.4 Å². The van der Waals surface area contributed by atoms with Gasteiger partial charge in [-0.2, -0.15) is 4.98 Å². The zero-order valence-corrected chi connectivity index (χ0v) is 14.0. The van der Waals surface area contributed by atoms with Crippen molar-refractivity contribution in [2.24, 2.45) is 17.6 Å². The van der Waals surface area contributed by atoms with E-state index >= 15 is 0 Å². The fourth-order valence-corrected chi connectivity index (χ4v) is 2.19. The number of hydrogen-bond acceptors (Lipinski definition) is 5. The van der Waals surface area contributed by atoms with Crippen LogP contribution in [0.3, 0.4) is 0 Å². The number of aromatic nitrogens is 2. The van der Waals surface area contributed by atoms with Gasteiger partial charge in [0, 0.05) is 0 Å². The molecule has 0 unspecified atom stereocenters. The van der Waals surface area contributed by atoms with Gasteiger partial charge in [0.15, 0.2) is 5.82 Å². The Bertz CT molecular complexity index is 387. The average molecular weight is 298 g/mol. The number of primary amides is 1. The summed E-state index contributed by atoms with van der Waals surface area (Å²) < 4.78 is 4.68. The zero-order valence-electron chi connectivity index (χ0n) is 14.0. The molecular weight excluding hydrogens is 268 g/mol. The number of carbonyl (C=O) groups is 1. The lowest BCUT2D eigenvalue weighted by Crippen LogP contribution is -2.32. The van der Waals surface area contributed by atoms with Crippen LogP contribution in [0.5, 0.6) is 0 Å². The predicted octanol–water partition coefficient (Wildman–Crippen LogP) is 2.75. The summed E-state index contributed by atoms with van der Waals surface area (Å²) in [4.78, 5) is 14.6. The molecule has 1 heterocycles. The van der Waals surface area contributed by atoms with E-state index in [0.29, 0.717) is 12.4 Å². The fraction of sp³-hybridized carbons (Fsp3) is 0.800. The zero-order chi connectivity index (χ0) is 16.3. The second kappa shape index (κ2) is 11.3. The molecule has 1 aliphatic carbocycles. The van der Waals surface area contributed by atoms with Crippen LogP contribution in [0.15, 0.2) is 4.52 Å². The maximum Gasteiger partial charge on any atom is 0.315 e. The van der Waals surface area contributed by atoms with Crippen molar-refractivity contribution in [2.75, 3.05) is 6.54 Å². The highest BCUT2D eigenvalue weighted by atomic mass is 16.5. The molecule has 0 aromatic carbocycles. The molecular formula is C15H30N4O2. The van der Waals surface area contributed by atoms with Crippen LogP contribution in [0.2, 0.25) is 0 Å². The van der Waals surface area contributed by atoms with Crippen molar-refractivity contribution in [3.63, 3.8) is 0 Å². The van der Waals surface area contributed by atoms with Gasteiger partial charge < -0.3 is 15.6 Å². The number of rotatable bonds is 6. The minimum atomic E-state index is -0.687. The summed E-state index contributed by atoms with van der Waals surface area (Å²) in [6.07, 6.45) is 3.90. The van der Waals surface area contributed by atoms with Gasteiger partial charge >= 0.3 is 11.8 Å². The summed E-state index contributed by atoms with van der Waals surface area (Å²) in [5, 5.41) is 6.92. The molecule has 1 saturated carbocycles. The van der Waals surface area contributed by atoms with Crippen molar-refractivity contribution < 1.29 is 9.32 Å². The van der Waals surface area contributed by atoms with Gasteiger partial charge in [-0.25, -0.2) is 0 Å². The van der Waals surface area contributed by atoms with Crippen molar-refractivity contribution in [3.8, 4) is 0 Å². The quantitative estimate of drug-likeness (QED) is 0.842. The van der Waals surface area contributed by atoms with Gasteiger partial charge in [0.2, 0.25) is 0 Å². The third-order valence-electron chi connectivity index (χ3n) is 3.31. The standard InChI is InChI=1S/C11H18N4O2.2C2H6/c1-2-7-3-8(4-7)5-13-6-9-14-11(10(12)16)17-15-9;2*1-2/h7-8,13H,2-6H2,1H3,(H2,12,16);2*1-2H3. The van der Waals surface area contributed by atoms with Gasteiger partial charge in [-0.15, -0.1) is 0 Å². The Morgan fingerprint density at radius 3 is 2.38 bits per heavy atom. The van der Waals surface area contributed by atoms with E-state index in [0.717, 1.165) is 18.4 Å². The van der Waals surface area contributed by atoms with Crippen LogP contribution in [0, 0.1) is 11.8 Å². The summed E-state index contributed by atoms with van der Waals surface area (Å²) in [7, 11) is 0. The van der Waals surface area contributed by atoms with Gasteiger partial charge in [0.25, 0.3) is 0 Å². The van der Waals surface area contributed by atoms with Crippen LogP contribution >= 0.6 is 0 Å². The minimum Gasteiger partial charge on any atom is -0.361 e. The molecule has 0 atom stereocenters. The smallest absolute Gasteiger partial charge is 0.315 e. The van der Waals surface area contributed by atoms with E-state index in [4.69, 9.17) is 5.73 Å². The van der Waals surface area contributed by atoms with Crippen molar-refractivity contribution >= 4 is 5.91 Å². The molecule has 1 aromatic heterocycles. The number of amides is 1. The van der Waals surface area contributed by atoms with E-state index in [2.05, 4.69) is 26.9 Å². The Morgan fingerprint density at radius 1 is 1.29 bits per heavy atom. The predicted molar refractivity (Wildman–Crippen MR) is 83.7 cm³/mol. The molecule has 1 aromatic rings. The largest absolute Gasteiger partial charge is 0.361 e. The third kappa shape index (κ3) is 6.71. The van der Waals surface area contributed by atoms with E-state index in [1.807, 2.05) is 27.7 Å². The van der Waals surface area contributed by atoms with E-state index < -0.39 is 5.91 Å². The maximum atomic E-state index is 10.7. The molecule has 3 N–H and O–H groups in total. The summed E-state index contributed by atoms with van der Waals surface area (Å²) in [6.45, 7) is 11.7. The Labute approximate surface area is 127 Å². The molecule has 0 spiro atoms. The summed E-state index contributed by atoms with van der Waals surface area (Å²) in [5.41, 5.74) is 5.01. The number of hydrogen-bond donors (Lipinski definition) is 2. The van der Waals surface area contributed by atoms with Crippen molar-refractivity contribution in [1.29, 1.82) is 0 Å². The SMILES string of the molecule is CC.CC.CCC1CC(CNCc2noc(C(N)=O)n2)C1. The Hall–Kier alpha value is -1.43. The first-order valence-corrected chi connectivity index (χ1v) is 8.02. The molecule has 0 radical (unpaired) electrons. The van der Waals surface area contributed by atoms with Crippen molar-refractivity contribution in [2.45, 2.75) is 60.4 Å². The summed E-state index contributed by atoms with van der Waals surface area (Å²) >= 11 is 0. The molecule has 6 heteroatoms. The molecule has 0 bridgehead atoms. The van der Waals surface area contributed by atoms with E-state index in [-0.39, 0.29) is 5.89 Å². The van der Waals surface area contributed by atoms with Crippen LogP contribution in [0.4, 0.5) is 0 Å². The van der Waals surface area contributed by atoms with Crippen LogP contribution in [-0.4, -0.2) is 22.6 Å². The third-order valence-corrected chi connectivity index (χ3v) is 3.31. The molecule has 1 fully saturated rings. The van der Waals surface area contributed by atoms with Crippen molar-refractivity contribution in [3.05, 3.63) is 11.7 Å². The highest BCUT2D eigenvalue weighted by molar-refractivity contribution is 5.87. The van der Waals surface area contributed by atoms with Gasteiger partial charge in [0.1, 0.15) is 0 Å². The van der Waals surface area contributed by atoms with Crippen LogP contribution in [0.25, 0.3) is 0 Å². The first kappa shape index (κ1) is 19.6. The molecule has 6 nitrogen and oxygen atoms in total. The van der Waals surface area contributed by atoms with E-state index in [1.54, 1.807) is 0 Å². The van der Waals surface area contributed by atoms with E-state index in [9.17, 15) is 4.79 Å². The fourth-order valence-electron chi connectivity index (χ4n) is 2.19. The number of carbonyl (C=O) groups excluding carboxylic acids is 1. The molecule has 21 heavy (non-hydrogen) atoms. The van der Waals surface area contributed by atoms with Crippen LogP contribution in [-0.2, 0) is 6.54 Å². The first-order chi connectivity index (χ1) is 10.2. The second-order valence-corrected chi connectivity index (χ2v) is 4.62. The van der Waals surface area contributed by atoms with Crippen LogP contribution < -0.4 is 11.1 Å². The number of nitrogens with zero attached hydrogens (tertiary/aromatic N) is 2. The summed E-state index contributed by atoms with van der Waals surface area (Å²) in [5.74, 6) is 1.34. The molecule has 122 valence electrons. The van der Waals surface area contributed by atoms with Gasteiger partial charge in [0.05, 0.1) is 6.54 Å². The second-order valence-electron chi connectivity index (χ2n) is 4.62. The van der Waals surface area contributed by atoms with Gasteiger partial charge in [-0.3, -0.25) is 4.79 Å². The summed E-state index contributed by atoms with van der Waals surface area (Å²) in [6, 6.07) is 0. The Morgan fingerprint density at radius 2 is 1.90 bits per heavy atom. The molecule has 0 aliphatic heterocycles. The molecule has 0 saturated heterocycles. The topological polar surface area (TPSA) is 94.0 Å². The Balaban J connectivity index is 0.000000921.